The number of unbranched alkanes of at least 4 members (excludes halogenated alkanes) is 6. The minimum atomic E-state index is 0.473. The Morgan fingerprint density at radius 2 is 1.71 bits per heavy atom. The lowest BCUT2D eigenvalue weighted by Crippen LogP contribution is -2.37. The summed E-state index contributed by atoms with van der Waals surface area (Å²) < 4.78 is 5.01. The lowest BCUT2D eigenvalue weighted by Gasteiger charge is -2.16. The van der Waals surface area contributed by atoms with Crippen molar-refractivity contribution in [2.45, 2.75) is 64.3 Å². The van der Waals surface area contributed by atoms with Crippen molar-refractivity contribution in [1.29, 1.82) is 0 Å². The third-order valence-corrected chi connectivity index (χ3v) is 3.18. The summed E-state index contributed by atoms with van der Waals surface area (Å²) in [5, 5.41) is 3.43. The highest BCUT2D eigenvalue weighted by Crippen LogP contribution is 2.09. The topological polar surface area (TPSA) is 47.3 Å². The average Bonchev–Trinajstić information content (AvgIpc) is 2.35. The first-order valence-corrected chi connectivity index (χ1v) is 7.27. The molecule has 17 heavy (non-hydrogen) atoms. The molecule has 0 aromatic rings. The number of nitrogens with one attached hydrogen (secondary N) is 1. The maximum absolute atomic E-state index is 5.73. The maximum atomic E-state index is 5.73. The molecule has 0 spiro atoms. The van der Waals surface area contributed by atoms with Gasteiger partial charge in [0.25, 0.3) is 0 Å². The summed E-state index contributed by atoms with van der Waals surface area (Å²) in [6.07, 6.45) is 10.8. The molecule has 0 aromatic heterocycles. The molecular formula is C14H32N2O. The van der Waals surface area contributed by atoms with E-state index in [1.165, 1.54) is 51.4 Å². The maximum Gasteiger partial charge on any atom is 0.0587 e. The summed E-state index contributed by atoms with van der Waals surface area (Å²) in [6.45, 7) is 4.68. The first kappa shape index (κ1) is 16.9. The molecule has 3 heteroatoms. The summed E-state index contributed by atoms with van der Waals surface area (Å²) >= 11 is 0. The quantitative estimate of drug-likeness (QED) is 0.490. The predicted molar refractivity (Wildman–Crippen MR) is 75.3 cm³/mol. The Kier molecular flexibility index (Phi) is 13.8. The molecule has 0 saturated carbocycles. The van der Waals surface area contributed by atoms with Crippen LogP contribution in [-0.2, 0) is 4.74 Å². The van der Waals surface area contributed by atoms with E-state index in [-0.39, 0.29) is 0 Å². The molecule has 3 N–H and O–H groups in total. The molecule has 104 valence electrons. The Hall–Kier alpha value is -0.120. The second-order valence-electron chi connectivity index (χ2n) is 4.79. The first-order valence-electron chi connectivity index (χ1n) is 7.27. The number of methoxy groups -OCH3 is 1. The minimum absolute atomic E-state index is 0.473. The zero-order valence-electron chi connectivity index (χ0n) is 11.8. The second-order valence-corrected chi connectivity index (χ2v) is 4.79. The van der Waals surface area contributed by atoms with Crippen molar-refractivity contribution in [1.82, 2.24) is 5.32 Å². The molecule has 0 aromatic carbocycles. The van der Waals surface area contributed by atoms with E-state index in [2.05, 4.69) is 12.2 Å². The molecule has 0 fully saturated rings. The van der Waals surface area contributed by atoms with E-state index < -0.39 is 0 Å². The van der Waals surface area contributed by atoms with Crippen molar-refractivity contribution in [2.24, 2.45) is 5.73 Å². The summed E-state index contributed by atoms with van der Waals surface area (Å²) in [5.74, 6) is 0. The zero-order chi connectivity index (χ0) is 12.8. The molecule has 0 radical (unpaired) electrons. The van der Waals surface area contributed by atoms with Crippen molar-refractivity contribution >= 4 is 0 Å². The Morgan fingerprint density at radius 1 is 1.06 bits per heavy atom. The number of rotatable bonds is 13. The van der Waals surface area contributed by atoms with Crippen LogP contribution in [-0.4, -0.2) is 32.8 Å². The summed E-state index contributed by atoms with van der Waals surface area (Å²) in [7, 11) is 1.73. The highest BCUT2D eigenvalue weighted by molar-refractivity contribution is 4.67. The van der Waals surface area contributed by atoms with E-state index in [1.54, 1.807) is 7.11 Å². The Bertz CT molecular complexity index is 142. The van der Waals surface area contributed by atoms with Gasteiger partial charge in [0.15, 0.2) is 0 Å². The normalized spacial score (nSPS) is 12.9. The van der Waals surface area contributed by atoms with Gasteiger partial charge in [-0.3, -0.25) is 0 Å². The molecular weight excluding hydrogens is 212 g/mol. The molecule has 1 atom stereocenters. The van der Waals surface area contributed by atoms with Crippen molar-refractivity contribution in [3.63, 3.8) is 0 Å². The summed E-state index contributed by atoms with van der Waals surface area (Å²) in [6, 6.07) is 0.473. The van der Waals surface area contributed by atoms with Crippen LogP contribution in [0.5, 0.6) is 0 Å². The van der Waals surface area contributed by atoms with E-state index in [0.717, 1.165) is 19.7 Å². The van der Waals surface area contributed by atoms with Crippen LogP contribution in [0.3, 0.4) is 0 Å². The Morgan fingerprint density at radius 3 is 2.29 bits per heavy atom. The van der Waals surface area contributed by atoms with Gasteiger partial charge in [-0.1, -0.05) is 51.9 Å². The van der Waals surface area contributed by atoms with Gasteiger partial charge in [0.05, 0.1) is 6.61 Å². The van der Waals surface area contributed by atoms with Gasteiger partial charge in [0.2, 0.25) is 0 Å². The van der Waals surface area contributed by atoms with Gasteiger partial charge in [-0.15, -0.1) is 0 Å². The molecule has 0 amide bonds. The van der Waals surface area contributed by atoms with Crippen molar-refractivity contribution in [2.75, 3.05) is 26.8 Å². The van der Waals surface area contributed by atoms with Gasteiger partial charge in [-0.05, 0) is 6.42 Å². The number of hydrogen-bond donors (Lipinski definition) is 2. The van der Waals surface area contributed by atoms with Crippen LogP contribution in [0.4, 0.5) is 0 Å². The third-order valence-electron chi connectivity index (χ3n) is 3.18. The first-order chi connectivity index (χ1) is 8.35. The van der Waals surface area contributed by atoms with Gasteiger partial charge in [-0.2, -0.15) is 0 Å². The van der Waals surface area contributed by atoms with Crippen LogP contribution < -0.4 is 11.1 Å². The zero-order valence-corrected chi connectivity index (χ0v) is 11.8. The van der Waals surface area contributed by atoms with Gasteiger partial charge in [0.1, 0.15) is 0 Å². The molecule has 0 aliphatic heterocycles. The van der Waals surface area contributed by atoms with Gasteiger partial charge >= 0.3 is 0 Å². The smallest absolute Gasteiger partial charge is 0.0587 e. The van der Waals surface area contributed by atoms with E-state index in [0.29, 0.717) is 6.04 Å². The van der Waals surface area contributed by atoms with E-state index >= 15 is 0 Å². The highest BCUT2D eigenvalue weighted by atomic mass is 16.5. The fourth-order valence-corrected chi connectivity index (χ4v) is 2.02. The van der Waals surface area contributed by atoms with Crippen LogP contribution in [0.15, 0.2) is 0 Å². The molecule has 0 heterocycles. The Labute approximate surface area is 107 Å². The molecule has 0 saturated heterocycles. The van der Waals surface area contributed by atoms with E-state index in [9.17, 15) is 0 Å². The minimum Gasteiger partial charge on any atom is -0.383 e. The van der Waals surface area contributed by atoms with Crippen LogP contribution in [0.25, 0.3) is 0 Å². The van der Waals surface area contributed by atoms with Crippen LogP contribution in [0.1, 0.15) is 58.3 Å². The molecule has 0 bridgehead atoms. The number of hydrogen-bond acceptors (Lipinski definition) is 3. The number of ether oxygens (including phenoxy) is 1. The van der Waals surface area contributed by atoms with Crippen LogP contribution in [0, 0.1) is 0 Å². The molecule has 0 aliphatic rings. The highest BCUT2D eigenvalue weighted by Gasteiger charge is 2.04. The summed E-state index contributed by atoms with van der Waals surface area (Å²) in [4.78, 5) is 0. The fourth-order valence-electron chi connectivity index (χ4n) is 2.02. The summed E-state index contributed by atoms with van der Waals surface area (Å²) in [5.41, 5.74) is 5.73. The van der Waals surface area contributed by atoms with Gasteiger partial charge in [0, 0.05) is 26.2 Å². The third kappa shape index (κ3) is 12.1. The standard InChI is InChI=1S/C14H32N2O/c1-3-4-5-6-7-8-9-10-14(13-15)16-11-12-17-2/h14,16H,3-13,15H2,1-2H3. The van der Waals surface area contributed by atoms with Crippen molar-refractivity contribution in [3.05, 3.63) is 0 Å². The van der Waals surface area contributed by atoms with Gasteiger partial charge in [-0.25, -0.2) is 0 Å². The van der Waals surface area contributed by atoms with Crippen molar-refractivity contribution in [3.8, 4) is 0 Å². The molecule has 1 unspecified atom stereocenters. The monoisotopic (exact) mass is 244 g/mol. The van der Waals surface area contributed by atoms with Gasteiger partial charge < -0.3 is 15.8 Å². The largest absolute Gasteiger partial charge is 0.383 e. The van der Waals surface area contributed by atoms with E-state index in [1.807, 2.05) is 0 Å². The lowest BCUT2D eigenvalue weighted by molar-refractivity contribution is 0.195. The molecule has 0 aliphatic carbocycles. The number of nitrogens with two attached hydrogens (primary N) is 1. The fraction of sp³-hybridized carbons (Fsp3) is 1.00. The molecule has 0 rings (SSSR count). The predicted octanol–water partition coefficient (Wildman–Crippen LogP) is 2.69. The van der Waals surface area contributed by atoms with E-state index in [4.69, 9.17) is 10.5 Å². The van der Waals surface area contributed by atoms with Crippen LogP contribution in [0.2, 0.25) is 0 Å². The van der Waals surface area contributed by atoms with Crippen LogP contribution >= 0.6 is 0 Å². The molecule has 3 nitrogen and oxygen atoms in total. The second kappa shape index (κ2) is 13.9. The van der Waals surface area contributed by atoms with Crippen molar-refractivity contribution < 1.29 is 4.74 Å². The average molecular weight is 244 g/mol. The SMILES string of the molecule is CCCCCCCCCC(CN)NCCOC. The Balaban J connectivity index is 3.25. The lowest BCUT2D eigenvalue weighted by atomic mass is 10.1.